The van der Waals surface area contributed by atoms with Gasteiger partial charge in [-0.2, -0.15) is 0 Å². The van der Waals surface area contributed by atoms with Crippen LogP contribution >= 0.6 is 23.2 Å². The second-order valence-electron chi connectivity index (χ2n) is 2.98. The van der Waals surface area contributed by atoms with Crippen molar-refractivity contribution in [2.45, 2.75) is 11.8 Å². The molecule has 1 unspecified atom stereocenters. The van der Waals surface area contributed by atoms with Gasteiger partial charge in [0.1, 0.15) is 0 Å². The third-order valence-electron chi connectivity index (χ3n) is 1.87. The van der Waals surface area contributed by atoms with Crippen molar-refractivity contribution < 1.29 is 4.21 Å². The van der Waals surface area contributed by atoms with Gasteiger partial charge >= 0.3 is 0 Å². The third kappa shape index (κ3) is 4.11. The van der Waals surface area contributed by atoms with E-state index in [1.54, 1.807) is 18.2 Å². The molecule has 0 bridgehead atoms. The predicted molar refractivity (Wildman–Crippen MR) is 66.3 cm³/mol. The maximum absolute atomic E-state index is 11.8. The van der Waals surface area contributed by atoms with Crippen LogP contribution in [0.1, 0.15) is 6.92 Å². The van der Waals surface area contributed by atoms with Crippen molar-refractivity contribution in [2.24, 2.45) is 0 Å². The van der Waals surface area contributed by atoms with E-state index >= 15 is 0 Å². The van der Waals surface area contributed by atoms with Crippen molar-refractivity contribution in [1.29, 1.82) is 0 Å². The van der Waals surface area contributed by atoms with Gasteiger partial charge in [-0.3, -0.25) is 4.21 Å². The Hall–Kier alpha value is -0.0900. The van der Waals surface area contributed by atoms with Crippen molar-refractivity contribution in [1.82, 2.24) is 5.32 Å². The highest BCUT2D eigenvalue weighted by atomic mass is 35.5. The molecule has 15 heavy (non-hydrogen) atoms. The van der Waals surface area contributed by atoms with Gasteiger partial charge in [-0.25, -0.2) is 0 Å². The first-order chi connectivity index (χ1) is 7.15. The Morgan fingerprint density at radius 2 is 2.07 bits per heavy atom. The maximum Gasteiger partial charge on any atom is 0.0604 e. The van der Waals surface area contributed by atoms with Crippen LogP contribution in [0.4, 0.5) is 0 Å². The van der Waals surface area contributed by atoms with Crippen LogP contribution in [0.15, 0.2) is 23.1 Å². The molecule has 1 rings (SSSR count). The summed E-state index contributed by atoms with van der Waals surface area (Å²) in [6.07, 6.45) is 0. The zero-order valence-electron chi connectivity index (χ0n) is 8.43. The molecule has 84 valence electrons. The van der Waals surface area contributed by atoms with Crippen LogP contribution in [0.5, 0.6) is 0 Å². The minimum Gasteiger partial charge on any atom is -0.316 e. The summed E-state index contributed by atoms with van der Waals surface area (Å²) in [5.74, 6) is 0.589. The van der Waals surface area contributed by atoms with E-state index in [-0.39, 0.29) is 0 Å². The molecule has 0 aliphatic rings. The molecule has 5 heteroatoms. The highest BCUT2D eigenvalue weighted by Crippen LogP contribution is 2.24. The van der Waals surface area contributed by atoms with Gasteiger partial charge in [-0.05, 0) is 24.7 Å². The van der Waals surface area contributed by atoms with Crippen LogP contribution in [0.2, 0.25) is 10.0 Å². The molecule has 0 saturated carbocycles. The van der Waals surface area contributed by atoms with Gasteiger partial charge in [0.25, 0.3) is 0 Å². The Labute approximate surface area is 102 Å². The molecule has 0 aliphatic carbocycles. The van der Waals surface area contributed by atoms with E-state index in [2.05, 4.69) is 5.32 Å². The molecule has 0 spiro atoms. The number of hydrogen-bond acceptors (Lipinski definition) is 2. The van der Waals surface area contributed by atoms with E-state index in [9.17, 15) is 4.21 Å². The normalized spacial score (nSPS) is 12.7. The average Bonchev–Trinajstić information content (AvgIpc) is 2.22. The van der Waals surface area contributed by atoms with Crippen molar-refractivity contribution >= 4 is 34.0 Å². The van der Waals surface area contributed by atoms with Crippen molar-refractivity contribution in [3.8, 4) is 0 Å². The second kappa shape index (κ2) is 6.48. The molecular formula is C10H13Cl2NOS. The molecule has 0 saturated heterocycles. The Bertz CT molecular complexity index is 357. The molecule has 0 aliphatic heterocycles. The number of halogens is 2. The van der Waals surface area contributed by atoms with E-state index in [1.807, 2.05) is 6.92 Å². The molecule has 0 heterocycles. The first-order valence-corrected chi connectivity index (χ1v) is 6.76. The van der Waals surface area contributed by atoms with E-state index in [4.69, 9.17) is 23.2 Å². The largest absolute Gasteiger partial charge is 0.316 e. The Balaban J connectivity index is 2.62. The van der Waals surface area contributed by atoms with Gasteiger partial charge in [-0.1, -0.05) is 30.1 Å². The van der Waals surface area contributed by atoms with Crippen LogP contribution in [0.3, 0.4) is 0 Å². The Morgan fingerprint density at radius 3 is 2.67 bits per heavy atom. The molecule has 0 radical (unpaired) electrons. The Morgan fingerprint density at radius 1 is 1.33 bits per heavy atom. The van der Waals surface area contributed by atoms with E-state index in [0.29, 0.717) is 15.8 Å². The fourth-order valence-electron chi connectivity index (χ4n) is 1.08. The molecule has 1 N–H and O–H groups in total. The summed E-state index contributed by atoms with van der Waals surface area (Å²) in [5, 5.41) is 4.06. The minimum absolute atomic E-state index is 0.450. The van der Waals surface area contributed by atoms with Gasteiger partial charge in [-0.15, -0.1) is 0 Å². The van der Waals surface area contributed by atoms with Crippen LogP contribution in [0, 0.1) is 0 Å². The zero-order valence-corrected chi connectivity index (χ0v) is 10.8. The second-order valence-corrected chi connectivity index (χ2v) is 5.36. The lowest BCUT2D eigenvalue weighted by atomic mass is 10.4. The summed E-state index contributed by atoms with van der Waals surface area (Å²) >= 11 is 11.6. The summed E-state index contributed by atoms with van der Waals surface area (Å²) in [4.78, 5) is 0.724. The number of hydrogen-bond donors (Lipinski definition) is 1. The van der Waals surface area contributed by atoms with Gasteiger partial charge in [0.2, 0.25) is 0 Å². The summed E-state index contributed by atoms with van der Waals surface area (Å²) in [7, 11) is -1.01. The molecular weight excluding hydrogens is 253 g/mol. The van der Waals surface area contributed by atoms with E-state index in [0.717, 1.165) is 18.0 Å². The van der Waals surface area contributed by atoms with Crippen molar-refractivity contribution in [3.05, 3.63) is 28.2 Å². The molecule has 1 aromatic rings. The SMILES string of the molecule is CCNCCS(=O)c1ccc(Cl)c(Cl)c1. The lowest BCUT2D eigenvalue weighted by Gasteiger charge is -2.04. The molecule has 0 aromatic heterocycles. The topological polar surface area (TPSA) is 29.1 Å². The van der Waals surface area contributed by atoms with E-state index in [1.165, 1.54) is 0 Å². The summed E-state index contributed by atoms with van der Waals surface area (Å²) in [5.41, 5.74) is 0. The lowest BCUT2D eigenvalue weighted by Crippen LogP contribution is -2.19. The summed E-state index contributed by atoms with van der Waals surface area (Å²) in [6.45, 7) is 3.64. The van der Waals surface area contributed by atoms with Crippen molar-refractivity contribution in [3.63, 3.8) is 0 Å². The summed E-state index contributed by atoms with van der Waals surface area (Å²) < 4.78 is 11.8. The minimum atomic E-state index is -1.01. The van der Waals surface area contributed by atoms with Crippen LogP contribution < -0.4 is 5.32 Å². The number of nitrogens with one attached hydrogen (secondary N) is 1. The molecule has 0 amide bonds. The highest BCUT2D eigenvalue weighted by Gasteiger charge is 2.05. The number of benzene rings is 1. The first-order valence-electron chi connectivity index (χ1n) is 4.69. The van der Waals surface area contributed by atoms with Gasteiger partial charge in [0.15, 0.2) is 0 Å². The molecule has 1 atom stereocenters. The fraction of sp³-hybridized carbons (Fsp3) is 0.400. The highest BCUT2D eigenvalue weighted by molar-refractivity contribution is 7.85. The van der Waals surface area contributed by atoms with Crippen LogP contribution in [0.25, 0.3) is 0 Å². The maximum atomic E-state index is 11.8. The van der Waals surface area contributed by atoms with Crippen LogP contribution in [-0.2, 0) is 10.8 Å². The quantitative estimate of drug-likeness (QED) is 0.830. The third-order valence-corrected chi connectivity index (χ3v) is 3.96. The van der Waals surface area contributed by atoms with E-state index < -0.39 is 10.8 Å². The number of rotatable bonds is 5. The average molecular weight is 266 g/mol. The predicted octanol–water partition coefficient (Wildman–Crippen LogP) is 2.71. The summed E-state index contributed by atoms with van der Waals surface area (Å²) in [6, 6.07) is 5.08. The lowest BCUT2D eigenvalue weighted by molar-refractivity contribution is 0.677. The fourth-order valence-corrected chi connectivity index (χ4v) is 2.48. The van der Waals surface area contributed by atoms with Crippen molar-refractivity contribution in [2.75, 3.05) is 18.8 Å². The van der Waals surface area contributed by atoms with Gasteiger partial charge in [0, 0.05) is 17.2 Å². The van der Waals surface area contributed by atoms with Gasteiger partial charge in [0.05, 0.1) is 20.8 Å². The monoisotopic (exact) mass is 265 g/mol. The molecule has 0 fully saturated rings. The van der Waals surface area contributed by atoms with Gasteiger partial charge < -0.3 is 5.32 Å². The molecule has 2 nitrogen and oxygen atoms in total. The molecule has 1 aromatic carbocycles. The standard InChI is InChI=1S/C10H13Cl2NOS/c1-2-13-5-6-15(14)8-3-4-9(11)10(12)7-8/h3-4,7,13H,2,5-6H2,1H3. The first kappa shape index (κ1) is 13.0. The zero-order chi connectivity index (χ0) is 11.3. The van der Waals surface area contributed by atoms with Crippen LogP contribution in [-0.4, -0.2) is 23.1 Å². The Kier molecular flexibility index (Phi) is 5.61. The smallest absolute Gasteiger partial charge is 0.0604 e.